The second kappa shape index (κ2) is 6.72. The summed E-state index contributed by atoms with van der Waals surface area (Å²) < 4.78 is 0. The molecule has 0 bridgehead atoms. The molecular weight excluding hydrogens is 178 g/mol. The predicted molar refractivity (Wildman–Crippen MR) is 62.6 cm³/mol. The smallest absolute Gasteiger partial charge is 0.00669 e. The Labute approximate surface area is 88.3 Å². The van der Waals surface area contributed by atoms with E-state index in [1.165, 1.54) is 51.6 Å². The molecule has 1 unspecified atom stereocenters. The Morgan fingerprint density at radius 1 is 1.23 bits per heavy atom. The van der Waals surface area contributed by atoms with E-state index in [0.717, 1.165) is 11.8 Å². The van der Waals surface area contributed by atoms with Crippen molar-refractivity contribution in [2.45, 2.75) is 51.5 Å². The van der Waals surface area contributed by atoms with Crippen LogP contribution >= 0.6 is 12.6 Å². The lowest BCUT2D eigenvalue weighted by atomic mass is 10.0. The molecule has 1 heterocycles. The SMILES string of the molecule is CC1CCCCN1CCCCCS. The zero-order valence-corrected chi connectivity index (χ0v) is 9.73. The largest absolute Gasteiger partial charge is 0.301 e. The summed E-state index contributed by atoms with van der Waals surface area (Å²) in [5.41, 5.74) is 0. The first-order chi connectivity index (χ1) is 6.34. The van der Waals surface area contributed by atoms with Crippen LogP contribution in [0.25, 0.3) is 0 Å². The molecule has 1 fully saturated rings. The fraction of sp³-hybridized carbons (Fsp3) is 1.00. The van der Waals surface area contributed by atoms with Crippen molar-refractivity contribution in [1.82, 2.24) is 4.90 Å². The van der Waals surface area contributed by atoms with E-state index in [-0.39, 0.29) is 0 Å². The van der Waals surface area contributed by atoms with Crippen LogP contribution in [0.3, 0.4) is 0 Å². The van der Waals surface area contributed by atoms with Gasteiger partial charge in [0, 0.05) is 6.04 Å². The van der Waals surface area contributed by atoms with E-state index in [1.54, 1.807) is 0 Å². The van der Waals surface area contributed by atoms with Crippen LogP contribution in [0.2, 0.25) is 0 Å². The zero-order chi connectivity index (χ0) is 9.52. The Hall–Kier alpha value is 0.310. The number of nitrogens with zero attached hydrogens (tertiary/aromatic N) is 1. The summed E-state index contributed by atoms with van der Waals surface area (Å²) in [6, 6.07) is 0.838. The molecule has 1 aliphatic rings. The standard InChI is InChI=1S/C11H23NS/c1-11-7-3-5-9-12(11)8-4-2-6-10-13/h11,13H,2-10H2,1H3. The lowest BCUT2D eigenvalue weighted by Gasteiger charge is -2.33. The van der Waals surface area contributed by atoms with Crippen molar-refractivity contribution in [1.29, 1.82) is 0 Å². The lowest BCUT2D eigenvalue weighted by molar-refractivity contribution is 0.158. The predicted octanol–water partition coefficient (Wildman–Crippen LogP) is 2.96. The van der Waals surface area contributed by atoms with Crippen molar-refractivity contribution in [2.75, 3.05) is 18.8 Å². The monoisotopic (exact) mass is 201 g/mol. The quantitative estimate of drug-likeness (QED) is 0.529. The van der Waals surface area contributed by atoms with E-state index in [9.17, 15) is 0 Å². The molecule has 0 amide bonds. The van der Waals surface area contributed by atoms with Crippen LogP contribution in [0, 0.1) is 0 Å². The first-order valence-electron chi connectivity index (χ1n) is 5.69. The van der Waals surface area contributed by atoms with Gasteiger partial charge in [0.15, 0.2) is 0 Å². The molecule has 78 valence electrons. The third-order valence-corrected chi connectivity index (χ3v) is 3.36. The van der Waals surface area contributed by atoms with Gasteiger partial charge in [-0.15, -0.1) is 0 Å². The summed E-state index contributed by atoms with van der Waals surface area (Å²) >= 11 is 4.22. The molecule has 0 spiro atoms. The second-order valence-corrected chi connectivity index (χ2v) is 4.61. The van der Waals surface area contributed by atoms with E-state index >= 15 is 0 Å². The minimum atomic E-state index is 0.838. The fourth-order valence-corrected chi connectivity index (χ4v) is 2.32. The van der Waals surface area contributed by atoms with E-state index < -0.39 is 0 Å². The minimum Gasteiger partial charge on any atom is -0.301 e. The van der Waals surface area contributed by atoms with Crippen molar-refractivity contribution in [2.24, 2.45) is 0 Å². The van der Waals surface area contributed by atoms with Gasteiger partial charge < -0.3 is 4.90 Å². The lowest BCUT2D eigenvalue weighted by Crippen LogP contribution is -2.37. The Morgan fingerprint density at radius 2 is 2.08 bits per heavy atom. The highest BCUT2D eigenvalue weighted by Gasteiger charge is 2.16. The van der Waals surface area contributed by atoms with Crippen LogP contribution in [0.4, 0.5) is 0 Å². The van der Waals surface area contributed by atoms with Gasteiger partial charge in [-0.1, -0.05) is 12.8 Å². The third-order valence-electron chi connectivity index (χ3n) is 3.04. The molecule has 13 heavy (non-hydrogen) atoms. The summed E-state index contributed by atoms with van der Waals surface area (Å²) in [4.78, 5) is 2.65. The summed E-state index contributed by atoms with van der Waals surface area (Å²) in [7, 11) is 0. The summed E-state index contributed by atoms with van der Waals surface area (Å²) in [5.74, 6) is 1.05. The van der Waals surface area contributed by atoms with Gasteiger partial charge in [0.1, 0.15) is 0 Å². The summed E-state index contributed by atoms with van der Waals surface area (Å²) in [5, 5.41) is 0. The maximum Gasteiger partial charge on any atom is 0.00669 e. The molecule has 0 saturated carbocycles. The van der Waals surface area contributed by atoms with Crippen LogP contribution in [0.1, 0.15) is 45.4 Å². The molecule has 2 heteroatoms. The average Bonchev–Trinajstić information content (AvgIpc) is 2.15. The molecule has 1 rings (SSSR count). The van der Waals surface area contributed by atoms with Crippen molar-refractivity contribution in [3.63, 3.8) is 0 Å². The molecule has 0 N–H and O–H groups in total. The van der Waals surface area contributed by atoms with Gasteiger partial charge in [-0.3, -0.25) is 0 Å². The molecule has 0 aromatic heterocycles. The van der Waals surface area contributed by atoms with E-state index in [2.05, 4.69) is 24.5 Å². The van der Waals surface area contributed by atoms with Crippen LogP contribution in [-0.2, 0) is 0 Å². The molecule has 0 aromatic carbocycles. The maximum absolute atomic E-state index is 4.22. The molecule has 1 aliphatic heterocycles. The number of thiol groups is 1. The van der Waals surface area contributed by atoms with Gasteiger partial charge in [0.05, 0.1) is 0 Å². The first kappa shape index (κ1) is 11.4. The van der Waals surface area contributed by atoms with Crippen LogP contribution < -0.4 is 0 Å². The zero-order valence-electron chi connectivity index (χ0n) is 8.84. The summed E-state index contributed by atoms with van der Waals surface area (Å²) in [6.07, 6.45) is 8.26. The van der Waals surface area contributed by atoms with Gasteiger partial charge >= 0.3 is 0 Å². The van der Waals surface area contributed by atoms with E-state index in [0.29, 0.717) is 0 Å². The first-order valence-corrected chi connectivity index (χ1v) is 6.32. The van der Waals surface area contributed by atoms with Crippen LogP contribution in [0.15, 0.2) is 0 Å². The topological polar surface area (TPSA) is 3.24 Å². The van der Waals surface area contributed by atoms with Crippen LogP contribution in [0.5, 0.6) is 0 Å². The average molecular weight is 201 g/mol. The number of likely N-dealkylation sites (tertiary alicyclic amines) is 1. The highest BCUT2D eigenvalue weighted by molar-refractivity contribution is 7.80. The van der Waals surface area contributed by atoms with Crippen molar-refractivity contribution >= 4 is 12.6 Å². The number of hydrogen-bond donors (Lipinski definition) is 1. The molecule has 0 aliphatic carbocycles. The molecule has 1 saturated heterocycles. The molecule has 0 aromatic rings. The minimum absolute atomic E-state index is 0.838. The van der Waals surface area contributed by atoms with Crippen molar-refractivity contribution < 1.29 is 0 Å². The van der Waals surface area contributed by atoms with E-state index in [1.807, 2.05) is 0 Å². The number of hydrogen-bond acceptors (Lipinski definition) is 2. The molecular formula is C11H23NS. The maximum atomic E-state index is 4.22. The van der Waals surface area contributed by atoms with Gasteiger partial charge in [0.25, 0.3) is 0 Å². The van der Waals surface area contributed by atoms with E-state index in [4.69, 9.17) is 0 Å². The Morgan fingerprint density at radius 3 is 2.77 bits per heavy atom. The number of unbranched alkanes of at least 4 members (excludes halogenated alkanes) is 2. The third kappa shape index (κ3) is 4.37. The summed E-state index contributed by atoms with van der Waals surface area (Å²) in [6.45, 7) is 5.02. The number of piperidine rings is 1. The normalized spacial score (nSPS) is 24.9. The molecule has 0 radical (unpaired) electrons. The van der Waals surface area contributed by atoms with Gasteiger partial charge in [0.2, 0.25) is 0 Å². The highest BCUT2D eigenvalue weighted by Crippen LogP contribution is 2.16. The number of rotatable bonds is 5. The fourth-order valence-electron chi connectivity index (χ4n) is 2.09. The van der Waals surface area contributed by atoms with Gasteiger partial charge in [-0.25, -0.2) is 0 Å². The Kier molecular flexibility index (Phi) is 5.88. The second-order valence-electron chi connectivity index (χ2n) is 4.17. The van der Waals surface area contributed by atoms with Gasteiger partial charge in [-0.2, -0.15) is 12.6 Å². The van der Waals surface area contributed by atoms with Crippen molar-refractivity contribution in [3.8, 4) is 0 Å². The van der Waals surface area contributed by atoms with Gasteiger partial charge in [-0.05, 0) is 51.4 Å². The van der Waals surface area contributed by atoms with Crippen LogP contribution in [-0.4, -0.2) is 29.8 Å². The Bertz CT molecular complexity index is 127. The van der Waals surface area contributed by atoms with Crippen molar-refractivity contribution in [3.05, 3.63) is 0 Å². The highest BCUT2D eigenvalue weighted by atomic mass is 32.1. The molecule has 1 atom stereocenters. The Balaban J connectivity index is 2.05. The molecule has 1 nitrogen and oxygen atoms in total.